The minimum absolute atomic E-state index is 0.741. The molecule has 0 bridgehead atoms. The van der Waals surface area contributed by atoms with E-state index in [1.165, 1.54) is 6.21 Å². The number of aromatic nitrogens is 1. The monoisotopic (exact) mass is 147 g/mol. The van der Waals surface area contributed by atoms with Crippen molar-refractivity contribution in [3.05, 3.63) is 24.0 Å². The number of aliphatic imine (C=N–C) groups is 1. The molecule has 0 aromatic carbocycles. The molecular weight excluding hydrogens is 138 g/mol. The van der Waals surface area contributed by atoms with Crippen LogP contribution in [0.15, 0.2) is 23.5 Å². The van der Waals surface area contributed by atoms with E-state index in [9.17, 15) is 0 Å². The minimum Gasteiger partial charge on any atom is -0.308 e. The molecule has 1 N–H and O–H groups in total. The van der Waals surface area contributed by atoms with E-state index >= 15 is 0 Å². The highest BCUT2D eigenvalue weighted by Gasteiger charge is 1.93. The van der Waals surface area contributed by atoms with Crippen LogP contribution in [0.3, 0.4) is 0 Å². The molecule has 1 heterocycles. The molecule has 0 saturated heterocycles. The lowest BCUT2D eigenvalue weighted by Gasteiger charge is -1.95. The van der Waals surface area contributed by atoms with Gasteiger partial charge in [-0.2, -0.15) is 0 Å². The highest BCUT2D eigenvalue weighted by molar-refractivity contribution is 5.85. The van der Waals surface area contributed by atoms with Crippen LogP contribution in [-0.2, 0) is 0 Å². The summed E-state index contributed by atoms with van der Waals surface area (Å²) in [4.78, 5) is 7.93. The quantitative estimate of drug-likeness (QED) is 0.637. The van der Waals surface area contributed by atoms with Crippen molar-refractivity contribution in [3.63, 3.8) is 0 Å². The summed E-state index contributed by atoms with van der Waals surface area (Å²) in [6.45, 7) is 1.83. The number of rotatable bonds is 2. The van der Waals surface area contributed by atoms with Crippen LogP contribution in [0.5, 0.6) is 0 Å². The number of pyridine rings is 1. The molecule has 0 unspecified atom stereocenters. The second kappa shape index (κ2) is 3.61. The van der Waals surface area contributed by atoms with Crippen LogP contribution < -0.4 is 0 Å². The topological polar surface area (TPSA) is 49.1 Å². The molecule has 11 heavy (non-hydrogen) atoms. The number of nitrogens with zero attached hydrogens (tertiary/aromatic N) is 2. The Morgan fingerprint density at radius 1 is 1.64 bits per heavy atom. The molecule has 3 nitrogen and oxygen atoms in total. The molecule has 0 aliphatic carbocycles. The maximum Gasteiger partial charge on any atom is 0.0896 e. The predicted octanol–water partition coefficient (Wildman–Crippen LogP) is 1.80. The fourth-order valence-corrected chi connectivity index (χ4v) is 0.766. The van der Waals surface area contributed by atoms with Gasteiger partial charge in [0.15, 0.2) is 0 Å². The minimum atomic E-state index is 0.741. The highest BCUT2D eigenvalue weighted by atomic mass is 14.8. The molecule has 0 radical (unpaired) electrons. The molecule has 0 atom stereocenters. The molecule has 1 aromatic heterocycles. The van der Waals surface area contributed by atoms with Gasteiger partial charge < -0.3 is 5.41 Å². The largest absolute Gasteiger partial charge is 0.308 e. The van der Waals surface area contributed by atoms with Crippen molar-refractivity contribution in [3.8, 4) is 0 Å². The van der Waals surface area contributed by atoms with E-state index in [0.29, 0.717) is 0 Å². The van der Waals surface area contributed by atoms with Crippen LogP contribution in [0.25, 0.3) is 0 Å². The zero-order chi connectivity index (χ0) is 8.10. The fraction of sp³-hybridized carbons (Fsp3) is 0.125. The Balaban J connectivity index is 3.11. The smallest absolute Gasteiger partial charge is 0.0896 e. The molecule has 0 aliphatic heterocycles. The van der Waals surface area contributed by atoms with Gasteiger partial charge in [0, 0.05) is 24.2 Å². The molecule has 0 spiro atoms. The van der Waals surface area contributed by atoms with Gasteiger partial charge in [-0.25, -0.2) is 0 Å². The molecule has 0 fully saturated rings. The summed E-state index contributed by atoms with van der Waals surface area (Å²) in [5.41, 5.74) is 1.53. The third-order valence-electron chi connectivity index (χ3n) is 1.26. The Labute approximate surface area is 65.3 Å². The Morgan fingerprint density at radius 2 is 2.45 bits per heavy atom. The van der Waals surface area contributed by atoms with Gasteiger partial charge in [-0.05, 0) is 13.0 Å². The second-order valence-corrected chi connectivity index (χ2v) is 1.97. The normalized spacial score (nSPS) is 10.3. The summed E-state index contributed by atoms with van der Waals surface area (Å²) in [6, 6.07) is 1.76. The zero-order valence-corrected chi connectivity index (χ0v) is 6.28. The van der Waals surface area contributed by atoms with Gasteiger partial charge in [0.25, 0.3) is 0 Å². The average Bonchev–Trinajstić information content (AvgIpc) is 2.06. The third-order valence-corrected chi connectivity index (χ3v) is 1.26. The Morgan fingerprint density at radius 3 is 3.09 bits per heavy atom. The van der Waals surface area contributed by atoms with Gasteiger partial charge in [-0.3, -0.25) is 9.98 Å². The molecule has 0 saturated carbocycles. The van der Waals surface area contributed by atoms with E-state index in [-0.39, 0.29) is 0 Å². The van der Waals surface area contributed by atoms with Crippen molar-refractivity contribution < 1.29 is 0 Å². The SMILES string of the molecule is CC=Nc1cnccc1C=N. The molecule has 56 valence electrons. The van der Waals surface area contributed by atoms with Crippen molar-refractivity contribution in [2.45, 2.75) is 6.92 Å². The van der Waals surface area contributed by atoms with Gasteiger partial charge in [-0.1, -0.05) is 0 Å². The summed E-state index contributed by atoms with van der Waals surface area (Å²) >= 11 is 0. The zero-order valence-electron chi connectivity index (χ0n) is 6.28. The predicted molar refractivity (Wildman–Crippen MR) is 45.9 cm³/mol. The molecule has 1 aromatic rings. The summed E-state index contributed by atoms with van der Waals surface area (Å²) < 4.78 is 0. The lowest BCUT2D eigenvalue weighted by atomic mass is 10.2. The summed E-state index contributed by atoms with van der Waals surface area (Å²) in [6.07, 6.45) is 6.24. The van der Waals surface area contributed by atoms with Crippen molar-refractivity contribution in [1.82, 2.24) is 4.98 Å². The van der Waals surface area contributed by atoms with Gasteiger partial charge in [0.2, 0.25) is 0 Å². The van der Waals surface area contributed by atoms with E-state index in [1.807, 2.05) is 6.92 Å². The van der Waals surface area contributed by atoms with Crippen LogP contribution >= 0.6 is 0 Å². The van der Waals surface area contributed by atoms with Crippen LogP contribution in [0, 0.1) is 5.41 Å². The molecule has 0 amide bonds. The van der Waals surface area contributed by atoms with Crippen LogP contribution in [0.4, 0.5) is 5.69 Å². The second-order valence-electron chi connectivity index (χ2n) is 1.97. The van der Waals surface area contributed by atoms with E-state index in [4.69, 9.17) is 5.41 Å². The molecule has 3 heteroatoms. The van der Waals surface area contributed by atoms with E-state index in [1.54, 1.807) is 24.7 Å². The van der Waals surface area contributed by atoms with E-state index < -0.39 is 0 Å². The van der Waals surface area contributed by atoms with Gasteiger partial charge in [0.1, 0.15) is 0 Å². The Bertz CT molecular complexity index is 278. The van der Waals surface area contributed by atoms with Gasteiger partial charge in [0.05, 0.1) is 11.9 Å². The first-order valence-corrected chi connectivity index (χ1v) is 3.31. The maximum absolute atomic E-state index is 7.04. The Kier molecular flexibility index (Phi) is 2.49. The van der Waals surface area contributed by atoms with Crippen molar-refractivity contribution in [2.75, 3.05) is 0 Å². The van der Waals surface area contributed by atoms with Crippen molar-refractivity contribution in [2.24, 2.45) is 4.99 Å². The molecule has 0 aliphatic rings. The highest BCUT2D eigenvalue weighted by Crippen LogP contribution is 2.13. The van der Waals surface area contributed by atoms with E-state index in [0.717, 1.165) is 11.3 Å². The molecular formula is C8H9N3. The first kappa shape index (κ1) is 7.60. The average molecular weight is 147 g/mol. The lowest BCUT2D eigenvalue weighted by molar-refractivity contribution is 1.30. The van der Waals surface area contributed by atoms with Gasteiger partial charge >= 0.3 is 0 Å². The van der Waals surface area contributed by atoms with Crippen LogP contribution in [0.2, 0.25) is 0 Å². The van der Waals surface area contributed by atoms with E-state index in [2.05, 4.69) is 9.98 Å². The van der Waals surface area contributed by atoms with Crippen LogP contribution in [0.1, 0.15) is 12.5 Å². The summed E-state index contributed by atoms with van der Waals surface area (Å²) in [5.74, 6) is 0. The van der Waals surface area contributed by atoms with Crippen molar-refractivity contribution >= 4 is 18.1 Å². The Hall–Kier alpha value is -1.51. The first-order valence-electron chi connectivity index (χ1n) is 3.31. The van der Waals surface area contributed by atoms with Crippen molar-refractivity contribution in [1.29, 1.82) is 5.41 Å². The third kappa shape index (κ3) is 1.70. The fourth-order valence-electron chi connectivity index (χ4n) is 0.766. The summed E-state index contributed by atoms with van der Waals surface area (Å²) in [7, 11) is 0. The number of hydrogen-bond acceptors (Lipinski definition) is 3. The number of hydrogen-bond donors (Lipinski definition) is 1. The summed E-state index contributed by atoms with van der Waals surface area (Å²) in [5, 5.41) is 7.04. The lowest BCUT2D eigenvalue weighted by Crippen LogP contribution is -1.81. The van der Waals surface area contributed by atoms with Crippen LogP contribution in [-0.4, -0.2) is 17.4 Å². The molecule has 1 rings (SSSR count). The standard InChI is InChI=1S/C8H9N3/c1-2-11-8-6-10-4-3-7(8)5-9/h2-6,9H,1H3. The first-order chi connectivity index (χ1) is 5.38. The van der Waals surface area contributed by atoms with Gasteiger partial charge in [-0.15, -0.1) is 0 Å². The number of nitrogens with one attached hydrogen (secondary N) is 1. The maximum atomic E-state index is 7.04.